The molecule has 0 amide bonds. The summed E-state index contributed by atoms with van der Waals surface area (Å²) in [5.41, 5.74) is 0. The van der Waals surface area contributed by atoms with Crippen molar-refractivity contribution in [2.45, 2.75) is 6.10 Å². The van der Waals surface area contributed by atoms with E-state index >= 15 is 0 Å². The first-order valence-corrected chi connectivity index (χ1v) is 1.70. The summed E-state index contributed by atoms with van der Waals surface area (Å²) in [6.07, 6.45) is -1.63. The van der Waals surface area contributed by atoms with Crippen molar-refractivity contribution in [2.24, 2.45) is 0 Å². The largest absolute Gasteiger partial charge is 0.479 e. The molecule has 0 heterocycles. The normalized spacial score (nSPS) is 11.8. The zero-order chi connectivity index (χ0) is 5.86. The number of carbonyl (C=O) groups is 1. The Morgan fingerprint density at radius 3 is 2.00 bits per heavy atom. The molecule has 0 spiro atoms. The molecule has 0 aliphatic rings. The van der Waals surface area contributed by atoms with Crippen molar-refractivity contribution in [1.29, 1.82) is 0 Å². The topological polar surface area (TPSA) is 77.8 Å². The molecule has 1 radical (unpaired) electrons. The molecule has 0 bridgehead atoms. The molecule has 0 aromatic heterocycles. The van der Waals surface area contributed by atoms with Gasteiger partial charge in [0.1, 0.15) is 0 Å². The Kier molecular flexibility index (Phi) is 6.83. The maximum absolute atomic E-state index is 9.52. The maximum atomic E-state index is 9.52. The fourth-order valence-electron chi connectivity index (χ4n) is 0.0781. The Bertz CT molecular complexity index is 73.7. The summed E-state index contributed by atoms with van der Waals surface area (Å²) in [5.74, 6) is -1.40. The summed E-state index contributed by atoms with van der Waals surface area (Å²) < 4.78 is 0. The molecule has 49 valence electrons. The van der Waals surface area contributed by atoms with E-state index in [1.54, 1.807) is 0 Å². The molecule has 4 nitrogen and oxygen atoms in total. The van der Waals surface area contributed by atoms with Gasteiger partial charge in [-0.25, -0.2) is 4.79 Å². The molecule has 3 N–H and O–H groups in total. The van der Waals surface area contributed by atoms with Crippen LogP contribution in [-0.2, 0) is 21.9 Å². The van der Waals surface area contributed by atoms with E-state index in [9.17, 15) is 4.79 Å². The van der Waals surface area contributed by atoms with Crippen LogP contribution in [-0.4, -0.2) is 34.0 Å². The third-order valence-corrected chi connectivity index (χ3v) is 0.458. The summed E-state index contributed by atoms with van der Waals surface area (Å²) in [6, 6.07) is 0. The molecule has 0 aromatic rings. The van der Waals surface area contributed by atoms with Gasteiger partial charge in [-0.3, -0.25) is 0 Å². The summed E-state index contributed by atoms with van der Waals surface area (Å²) in [5, 5.41) is 23.7. The molecular formula is C3H6MnO4. The van der Waals surface area contributed by atoms with Crippen LogP contribution in [0.15, 0.2) is 0 Å². The van der Waals surface area contributed by atoms with Crippen molar-refractivity contribution in [3.05, 3.63) is 0 Å². The maximum Gasteiger partial charge on any atom is 0.334 e. The van der Waals surface area contributed by atoms with Gasteiger partial charge in [0.2, 0.25) is 0 Å². The van der Waals surface area contributed by atoms with Crippen LogP contribution in [0.25, 0.3) is 0 Å². The van der Waals surface area contributed by atoms with E-state index < -0.39 is 18.7 Å². The van der Waals surface area contributed by atoms with Gasteiger partial charge in [-0.15, -0.1) is 0 Å². The van der Waals surface area contributed by atoms with Crippen molar-refractivity contribution >= 4 is 5.97 Å². The Hall–Kier alpha value is -0.0905. The van der Waals surface area contributed by atoms with Gasteiger partial charge in [-0.1, -0.05) is 0 Å². The first-order valence-electron chi connectivity index (χ1n) is 1.70. The van der Waals surface area contributed by atoms with Gasteiger partial charge in [0.15, 0.2) is 6.10 Å². The third-order valence-electron chi connectivity index (χ3n) is 0.458. The van der Waals surface area contributed by atoms with Crippen LogP contribution in [0.1, 0.15) is 0 Å². The zero-order valence-corrected chi connectivity index (χ0v) is 5.09. The van der Waals surface area contributed by atoms with E-state index in [1.807, 2.05) is 0 Å². The van der Waals surface area contributed by atoms with E-state index in [4.69, 9.17) is 15.3 Å². The summed E-state index contributed by atoms with van der Waals surface area (Å²) in [4.78, 5) is 9.52. The van der Waals surface area contributed by atoms with Gasteiger partial charge in [0.25, 0.3) is 0 Å². The molecule has 0 aliphatic carbocycles. The van der Waals surface area contributed by atoms with Crippen molar-refractivity contribution in [2.75, 3.05) is 6.61 Å². The number of aliphatic carboxylic acids is 1. The molecule has 0 saturated heterocycles. The third kappa shape index (κ3) is 4.08. The van der Waals surface area contributed by atoms with Crippen LogP contribution in [0.4, 0.5) is 0 Å². The van der Waals surface area contributed by atoms with Crippen LogP contribution < -0.4 is 0 Å². The number of hydrogen-bond donors (Lipinski definition) is 3. The molecule has 0 fully saturated rings. The van der Waals surface area contributed by atoms with Gasteiger partial charge < -0.3 is 15.3 Å². The number of aliphatic hydroxyl groups excluding tert-OH is 2. The minimum atomic E-state index is -1.63. The van der Waals surface area contributed by atoms with Crippen molar-refractivity contribution in [3.8, 4) is 0 Å². The van der Waals surface area contributed by atoms with Crippen molar-refractivity contribution in [1.82, 2.24) is 0 Å². The van der Waals surface area contributed by atoms with Crippen LogP contribution in [0.3, 0.4) is 0 Å². The molecule has 0 aliphatic heterocycles. The molecule has 1 atom stereocenters. The molecule has 0 aromatic carbocycles. The number of aliphatic hydroxyl groups is 2. The number of hydrogen-bond acceptors (Lipinski definition) is 3. The van der Waals surface area contributed by atoms with E-state index in [-0.39, 0.29) is 17.1 Å². The first kappa shape index (κ1) is 10.8. The average molecular weight is 161 g/mol. The molecule has 0 saturated carbocycles. The van der Waals surface area contributed by atoms with Crippen molar-refractivity contribution in [3.63, 3.8) is 0 Å². The minimum absolute atomic E-state index is 0. The van der Waals surface area contributed by atoms with Crippen LogP contribution in [0.2, 0.25) is 0 Å². The fourth-order valence-corrected chi connectivity index (χ4v) is 0.0781. The monoisotopic (exact) mass is 161 g/mol. The molecule has 0 rings (SSSR count). The Morgan fingerprint density at radius 2 is 2.00 bits per heavy atom. The first-order chi connectivity index (χ1) is 3.18. The Morgan fingerprint density at radius 1 is 1.62 bits per heavy atom. The predicted octanol–water partition coefficient (Wildman–Crippen LogP) is -1.58. The number of carboxylic acid groups (broad SMARTS) is 1. The average Bonchev–Trinajstić information content (AvgIpc) is 1.65. The number of carboxylic acids is 1. The molecule has 8 heavy (non-hydrogen) atoms. The molecule has 5 heteroatoms. The van der Waals surface area contributed by atoms with Crippen LogP contribution >= 0.6 is 0 Å². The summed E-state index contributed by atoms with van der Waals surface area (Å²) in [6.45, 7) is -0.727. The quantitative estimate of drug-likeness (QED) is 0.427. The van der Waals surface area contributed by atoms with Gasteiger partial charge >= 0.3 is 5.97 Å². The predicted molar refractivity (Wildman–Crippen MR) is 20.7 cm³/mol. The van der Waals surface area contributed by atoms with Gasteiger partial charge in [0.05, 0.1) is 6.61 Å². The van der Waals surface area contributed by atoms with E-state index in [1.165, 1.54) is 0 Å². The summed E-state index contributed by atoms with van der Waals surface area (Å²) in [7, 11) is 0. The van der Waals surface area contributed by atoms with E-state index in [2.05, 4.69) is 0 Å². The smallest absolute Gasteiger partial charge is 0.334 e. The standard InChI is InChI=1S/C3H6O4.Mn/c4-1-2(5)3(6)7;/h2,4-5H,1H2,(H,6,7);. The van der Waals surface area contributed by atoms with Gasteiger partial charge in [-0.2, -0.15) is 0 Å². The second-order valence-electron chi connectivity index (χ2n) is 1.04. The number of rotatable bonds is 2. The molecule has 1 unspecified atom stereocenters. The van der Waals surface area contributed by atoms with Gasteiger partial charge in [-0.05, 0) is 0 Å². The second-order valence-corrected chi connectivity index (χ2v) is 1.04. The summed E-state index contributed by atoms with van der Waals surface area (Å²) >= 11 is 0. The Balaban J connectivity index is 0. The van der Waals surface area contributed by atoms with Crippen LogP contribution in [0.5, 0.6) is 0 Å². The van der Waals surface area contributed by atoms with E-state index in [0.717, 1.165) is 0 Å². The van der Waals surface area contributed by atoms with Crippen molar-refractivity contribution < 1.29 is 37.2 Å². The molecular weight excluding hydrogens is 155 g/mol. The Labute approximate surface area is 56.6 Å². The minimum Gasteiger partial charge on any atom is -0.479 e. The fraction of sp³-hybridized carbons (Fsp3) is 0.667. The zero-order valence-electron chi connectivity index (χ0n) is 3.91. The van der Waals surface area contributed by atoms with Crippen LogP contribution in [0, 0.1) is 0 Å². The van der Waals surface area contributed by atoms with Gasteiger partial charge in [0, 0.05) is 17.1 Å². The SMILES string of the molecule is O=C(O)C(O)CO.[Mn]. The van der Waals surface area contributed by atoms with E-state index in [0.29, 0.717) is 0 Å². The second kappa shape index (κ2) is 5.05.